The van der Waals surface area contributed by atoms with Gasteiger partial charge in [-0.25, -0.2) is 9.59 Å². The van der Waals surface area contributed by atoms with Crippen LogP contribution < -0.4 is 11.1 Å². The molecule has 0 rings (SSSR count). The predicted molar refractivity (Wildman–Crippen MR) is 80.4 cm³/mol. The molecule has 23 heavy (non-hydrogen) atoms. The fourth-order valence-corrected chi connectivity index (χ4v) is 1.48. The zero-order chi connectivity index (χ0) is 18.0. The number of rotatable bonds is 8. The molecule has 0 aliphatic carbocycles. The van der Waals surface area contributed by atoms with Crippen LogP contribution in [0, 0.1) is 0 Å². The zero-order valence-corrected chi connectivity index (χ0v) is 14.0. The lowest BCUT2D eigenvalue weighted by atomic mass is 10.2. The Bertz CT molecular complexity index is 406. The van der Waals surface area contributed by atoms with Crippen LogP contribution >= 0.6 is 0 Å². The maximum atomic E-state index is 11.7. The van der Waals surface area contributed by atoms with Gasteiger partial charge in [-0.05, 0) is 27.2 Å². The molecule has 9 heteroatoms. The standard InChI is InChI=1S/C14H26N2O7/c1-14(2,3)23-13(20)16-10(12(19)21-4)6-8-22-11(18)9(15)5-7-17/h9-10,17H,5-8,15H2,1-4H3,(H,16,20)/t9-,10-/m1/s1. The molecule has 0 fully saturated rings. The van der Waals surface area contributed by atoms with Crippen molar-refractivity contribution in [2.45, 2.75) is 51.3 Å². The van der Waals surface area contributed by atoms with Gasteiger partial charge in [-0.3, -0.25) is 4.79 Å². The fraction of sp³-hybridized carbons (Fsp3) is 0.786. The van der Waals surface area contributed by atoms with Crippen molar-refractivity contribution in [1.82, 2.24) is 5.32 Å². The van der Waals surface area contributed by atoms with Gasteiger partial charge < -0.3 is 30.4 Å². The zero-order valence-electron chi connectivity index (χ0n) is 14.0. The SMILES string of the molecule is COC(=O)[C@@H](CCOC(=O)[C@H](N)CCO)NC(=O)OC(C)(C)C. The number of amides is 1. The third kappa shape index (κ3) is 9.69. The molecule has 0 aromatic rings. The molecule has 0 aliphatic rings. The number of methoxy groups -OCH3 is 1. The molecule has 134 valence electrons. The molecule has 1 amide bonds. The molecule has 0 spiro atoms. The highest BCUT2D eigenvalue weighted by Crippen LogP contribution is 2.07. The molecule has 0 unspecified atom stereocenters. The lowest BCUT2D eigenvalue weighted by Gasteiger charge is -2.22. The first kappa shape index (κ1) is 21.1. The number of aliphatic hydroxyl groups excluding tert-OH is 1. The Morgan fingerprint density at radius 2 is 1.78 bits per heavy atom. The Kier molecular flexibility index (Phi) is 9.19. The number of carbonyl (C=O) groups is 3. The topological polar surface area (TPSA) is 137 Å². The molecule has 0 aromatic heterocycles. The van der Waals surface area contributed by atoms with Crippen LogP contribution in [0.2, 0.25) is 0 Å². The van der Waals surface area contributed by atoms with Crippen molar-refractivity contribution in [3.8, 4) is 0 Å². The average molecular weight is 334 g/mol. The van der Waals surface area contributed by atoms with Gasteiger partial charge in [-0.1, -0.05) is 0 Å². The van der Waals surface area contributed by atoms with E-state index in [2.05, 4.69) is 10.1 Å². The van der Waals surface area contributed by atoms with Gasteiger partial charge in [0.15, 0.2) is 0 Å². The van der Waals surface area contributed by atoms with Crippen molar-refractivity contribution in [1.29, 1.82) is 0 Å². The smallest absolute Gasteiger partial charge is 0.408 e. The second-order valence-corrected chi connectivity index (χ2v) is 5.80. The summed E-state index contributed by atoms with van der Waals surface area (Å²) in [6.45, 7) is 4.67. The second-order valence-electron chi connectivity index (χ2n) is 5.80. The first-order chi connectivity index (χ1) is 10.6. The molecule has 4 N–H and O–H groups in total. The van der Waals surface area contributed by atoms with Crippen molar-refractivity contribution in [2.24, 2.45) is 5.73 Å². The molecule has 0 saturated carbocycles. The summed E-state index contributed by atoms with van der Waals surface area (Å²) < 4.78 is 14.5. The number of hydrogen-bond acceptors (Lipinski definition) is 8. The summed E-state index contributed by atoms with van der Waals surface area (Å²) in [6.07, 6.45) is -0.699. The Morgan fingerprint density at radius 1 is 1.17 bits per heavy atom. The molecule has 0 aliphatic heterocycles. The van der Waals surface area contributed by atoms with Crippen LogP contribution in [-0.4, -0.2) is 61.1 Å². The first-order valence-corrected chi connectivity index (χ1v) is 7.21. The van der Waals surface area contributed by atoms with E-state index in [9.17, 15) is 14.4 Å². The van der Waals surface area contributed by atoms with Gasteiger partial charge in [0.2, 0.25) is 0 Å². The number of esters is 2. The predicted octanol–water partition coefficient (Wildman–Crippen LogP) is -0.304. The van der Waals surface area contributed by atoms with E-state index in [4.69, 9.17) is 20.3 Å². The molecule has 2 atom stereocenters. The Hall–Kier alpha value is -1.87. The molecule has 0 saturated heterocycles. The molecule has 0 bridgehead atoms. The van der Waals surface area contributed by atoms with E-state index in [0.717, 1.165) is 0 Å². The molecule has 9 nitrogen and oxygen atoms in total. The van der Waals surface area contributed by atoms with Crippen LogP contribution in [0.25, 0.3) is 0 Å². The summed E-state index contributed by atoms with van der Waals surface area (Å²) in [7, 11) is 1.18. The van der Waals surface area contributed by atoms with E-state index in [1.165, 1.54) is 7.11 Å². The van der Waals surface area contributed by atoms with E-state index < -0.39 is 35.7 Å². The van der Waals surface area contributed by atoms with Crippen molar-refractivity contribution in [2.75, 3.05) is 20.3 Å². The van der Waals surface area contributed by atoms with Crippen LogP contribution in [0.1, 0.15) is 33.6 Å². The van der Waals surface area contributed by atoms with Crippen molar-refractivity contribution >= 4 is 18.0 Å². The molecular formula is C14H26N2O7. The summed E-state index contributed by atoms with van der Waals surface area (Å²) >= 11 is 0. The third-order valence-corrected chi connectivity index (χ3v) is 2.57. The highest BCUT2D eigenvalue weighted by molar-refractivity contribution is 5.81. The largest absolute Gasteiger partial charge is 0.467 e. The van der Waals surface area contributed by atoms with E-state index in [1.807, 2.05) is 0 Å². The number of nitrogens with one attached hydrogen (secondary N) is 1. The second kappa shape index (κ2) is 10.0. The highest BCUT2D eigenvalue weighted by atomic mass is 16.6. The summed E-state index contributed by atoms with van der Waals surface area (Å²) in [5, 5.41) is 11.0. The van der Waals surface area contributed by atoms with Crippen LogP contribution in [0.15, 0.2) is 0 Å². The van der Waals surface area contributed by atoms with Crippen LogP contribution in [0.5, 0.6) is 0 Å². The van der Waals surface area contributed by atoms with E-state index in [0.29, 0.717) is 0 Å². The van der Waals surface area contributed by atoms with Gasteiger partial charge in [0, 0.05) is 13.0 Å². The third-order valence-electron chi connectivity index (χ3n) is 2.57. The van der Waals surface area contributed by atoms with Crippen molar-refractivity contribution < 1.29 is 33.7 Å². The minimum atomic E-state index is -1.02. The van der Waals surface area contributed by atoms with Crippen LogP contribution in [0.4, 0.5) is 4.79 Å². The maximum Gasteiger partial charge on any atom is 0.408 e. The molecule has 0 heterocycles. The maximum absolute atomic E-state index is 11.7. The minimum absolute atomic E-state index is 0.00347. The Labute approximate surface area is 135 Å². The van der Waals surface area contributed by atoms with E-state index >= 15 is 0 Å². The van der Waals surface area contributed by atoms with Crippen molar-refractivity contribution in [3.63, 3.8) is 0 Å². The number of aliphatic hydroxyl groups is 1. The average Bonchev–Trinajstić information content (AvgIpc) is 2.43. The summed E-state index contributed by atoms with van der Waals surface area (Å²) in [5.41, 5.74) is 4.75. The minimum Gasteiger partial charge on any atom is -0.467 e. The van der Waals surface area contributed by atoms with Gasteiger partial charge in [0.05, 0.1) is 13.7 Å². The number of carbonyl (C=O) groups excluding carboxylic acids is 3. The van der Waals surface area contributed by atoms with E-state index in [-0.39, 0.29) is 26.1 Å². The monoisotopic (exact) mass is 334 g/mol. The number of alkyl carbamates (subject to hydrolysis) is 1. The Morgan fingerprint density at radius 3 is 2.26 bits per heavy atom. The van der Waals surface area contributed by atoms with E-state index in [1.54, 1.807) is 20.8 Å². The normalized spacial score (nSPS) is 13.7. The summed E-state index contributed by atoms with van der Waals surface area (Å²) in [4.78, 5) is 34.8. The highest BCUT2D eigenvalue weighted by Gasteiger charge is 2.25. The fourth-order valence-electron chi connectivity index (χ4n) is 1.48. The molecule has 0 radical (unpaired) electrons. The first-order valence-electron chi connectivity index (χ1n) is 7.21. The lowest BCUT2D eigenvalue weighted by molar-refractivity contribution is -0.149. The number of hydrogen-bond donors (Lipinski definition) is 3. The van der Waals surface area contributed by atoms with Crippen LogP contribution in [0.3, 0.4) is 0 Å². The van der Waals surface area contributed by atoms with Crippen molar-refractivity contribution in [3.05, 3.63) is 0 Å². The lowest BCUT2D eigenvalue weighted by Crippen LogP contribution is -2.45. The molecular weight excluding hydrogens is 308 g/mol. The van der Waals surface area contributed by atoms with Gasteiger partial charge in [0.1, 0.15) is 17.7 Å². The number of ether oxygens (including phenoxy) is 3. The summed E-state index contributed by atoms with van der Waals surface area (Å²) in [6, 6.07) is -1.95. The van der Waals surface area contributed by atoms with Gasteiger partial charge in [-0.2, -0.15) is 0 Å². The molecule has 0 aromatic carbocycles. The number of nitrogens with two attached hydrogens (primary N) is 1. The quantitative estimate of drug-likeness (QED) is 0.406. The van der Waals surface area contributed by atoms with Gasteiger partial charge in [-0.15, -0.1) is 0 Å². The van der Waals surface area contributed by atoms with Crippen LogP contribution in [-0.2, 0) is 23.8 Å². The van der Waals surface area contributed by atoms with Gasteiger partial charge in [0.25, 0.3) is 0 Å². The van der Waals surface area contributed by atoms with Gasteiger partial charge >= 0.3 is 18.0 Å². The summed E-state index contributed by atoms with van der Waals surface area (Å²) in [5.74, 6) is -1.38. The Balaban J connectivity index is 4.44.